The van der Waals surface area contributed by atoms with Crippen molar-refractivity contribution in [1.29, 1.82) is 0 Å². The van der Waals surface area contributed by atoms with E-state index in [0.717, 1.165) is 45.0 Å². The molecule has 0 atom stereocenters. The molecule has 0 spiro atoms. The van der Waals surface area contributed by atoms with Gasteiger partial charge in [0.2, 0.25) is 0 Å². The molecule has 0 amide bonds. The van der Waals surface area contributed by atoms with Gasteiger partial charge in [0.25, 0.3) is 0 Å². The zero-order valence-electron chi connectivity index (χ0n) is 14.8. The lowest BCUT2D eigenvalue weighted by Gasteiger charge is -2.11. The number of H-pyrrole nitrogens is 1. The van der Waals surface area contributed by atoms with Gasteiger partial charge in [-0.15, -0.1) is 24.0 Å². The fraction of sp³-hybridized carbons (Fsp3) is 0.500. The summed E-state index contributed by atoms with van der Waals surface area (Å²) in [5, 5.41) is 7.98. The Morgan fingerprint density at radius 1 is 1.29 bits per heavy atom. The van der Waals surface area contributed by atoms with Crippen molar-refractivity contribution >= 4 is 40.8 Å². The molecule has 0 aliphatic rings. The van der Waals surface area contributed by atoms with Crippen molar-refractivity contribution in [3.63, 3.8) is 0 Å². The van der Waals surface area contributed by atoms with E-state index in [2.05, 4.69) is 58.9 Å². The van der Waals surface area contributed by atoms with Crippen molar-refractivity contribution in [2.45, 2.75) is 26.7 Å². The summed E-state index contributed by atoms with van der Waals surface area (Å²) in [6.45, 7) is 7.44. The second-order valence-corrected chi connectivity index (χ2v) is 5.65. The Kier molecular flexibility index (Phi) is 9.78. The highest BCUT2D eigenvalue weighted by molar-refractivity contribution is 14.0. The molecule has 0 radical (unpaired) electrons. The van der Waals surface area contributed by atoms with Gasteiger partial charge in [-0.1, -0.05) is 12.1 Å². The maximum Gasteiger partial charge on any atom is 0.191 e. The zero-order valence-corrected chi connectivity index (χ0v) is 17.1. The van der Waals surface area contributed by atoms with Gasteiger partial charge in [-0.3, -0.25) is 4.99 Å². The summed E-state index contributed by atoms with van der Waals surface area (Å²) in [6, 6.07) is 6.54. The molecule has 0 bridgehead atoms. The quantitative estimate of drug-likeness (QED) is 0.254. The predicted molar refractivity (Wildman–Crippen MR) is 113 cm³/mol. The predicted octanol–water partition coefficient (Wildman–Crippen LogP) is 3.23. The van der Waals surface area contributed by atoms with E-state index in [9.17, 15) is 0 Å². The second-order valence-electron chi connectivity index (χ2n) is 5.65. The first kappa shape index (κ1) is 20.8. The van der Waals surface area contributed by atoms with Crippen LogP contribution in [0.4, 0.5) is 0 Å². The number of fused-ring (bicyclic) bond motifs is 1. The molecule has 0 aliphatic carbocycles. The number of nitrogens with one attached hydrogen (secondary N) is 3. The summed E-state index contributed by atoms with van der Waals surface area (Å²) in [5.74, 6) is 0.874. The fourth-order valence-corrected chi connectivity index (χ4v) is 2.56. The third-order valence-electron chi connectivity index (χ3n) is 3.73. The summed E-state index contributed by atoms with van der Waals surface area (Å²) in [4.78, 5) is 7.90. The van der Waals surface area contributed by atoms with Crippen LogP contribution >= 0.6 is 24.0 Å². The second kappa shape index (κ2) is 11.3. The van der Waals surface area contributed by atoms with Crippen LogP contribution in [0.3, 0.4) is 0 Å². The standard InChI is InChI=1S/C18H28N4O.HI/c1-4-19-18(20-9-5-11-23-3)21-10-8-15-13-22-17-12-14(2)6-7-16(15)17;/h6-7,12-13,22H,4-5,8-11H2,1-3H3,(H2,19,20,21);1H. The number of aryl methyl sites for hydroxylation is 1. The Labute approximate surface area is 161 Å². The molecule has 1 aromatic heterocycles. The Hall–Kier alpha value is -1.28. The Morgan fingerprint density at radius 2 is 2.12 bits per heavy atom. The first-order chi connectivity index (χ1) is 11.2. The minimum Gasteiger partial charge on any atom is -0.385 e. The van der Waals surface area contributed by atoms with Gasteiger partial charge in [0, 0.05) is 50.5 Å². The topological polar surface area (TPSA) is 61.4 Å². The molecular weight excluding hydrogens is 415 g/mol. The van der Waals surface area contributed by atoms with E-state index < -0.39 is 0 Å². The number of halogens is 1. The maximum atomic E-state index is 5.05. The molecule has 1 aromatic carbocycles. The third-order valence-corrected chi connectivity index (χ3v) is 3.73. The number of methoxy groups -OCH3 is 1. The van der Waals surface area contributed by atoms with Crippen LogP contribution in [0, 0.1) is 6.92 Å². The van der Waals surface area contributed by atoms with Crippen LogP contribution in [0.5, 0.6) is 0 Å². The van der Waals surface area contributed by atoms with E-state index >= 15 is 0 Å². The average molecular weight is 444 g/mol. The average Bonchev–Trinajstić information content (AvgIpc) is 2.93. The number of hydrogen-bond donors (Lipinski definition) is 3. The zero-order chi connectivity index (χ0) is 16.5. The van der Waals surface area contributed by atoms with Gasteiger partial charge in [-0.05, 0) is 43.9 Å². The molecule has 5 nitrogen and oxygen atoms in total. The van der Waals surface area contributed by atoms with Crippen molar-refractivity contribution in [1.82, 2.24) is 15.6 Å². The smallest absolute Gasteiger partial charge is 0.191 e. The molecule has 134 valence electrons. The van der Waals surface area contributed by atoms with Gasteiger partial charge in [0.1, 0.15) is 0 Å². The third kappa shape index (κ3) is 6.32. The van der Waals surface area contributed by atoms with E-state index in [1.165, 1.54) is 22.0 Å². The molecular formula is C18H29IN4O. The lowest BCUT2D eigenvalue weighted by molar-refractivity contribution is 0.197. The molecule has 0 fully saturated rings. The summed E-state index contributed by atoms with van der Waals surface area (Å²) in [6.07, 6.45) is 4.01. The van der Waals surface area contributed by atoms with Crippen molar-refractivity contribution in [2.24, 2.45) is 4.99 Å². The first-order valence-electron chi connectivity index (χ1n) is 8.32. The van der Waals surface area contributed by atoms with Gasteiger partial charge in [0.15, 0.2) is 5.96 Å². The maximum absolute atomic E-state index is 5.05. The van der Waals surface area contributed by atoms with E-state index in [4.69, 9.17) is 4.74 Å². The number of ether oxygens (including phenoxy) is 1. The SMILES string of the molecule is CCNC(=NCCCOC)NCCc1c[nH]c2cc(C)ccc12.I. The summed E-state index contributed by atoms with van der Waals surface area (Å²) in [7, 11) is 1.72. The number of rotatable bonds is 8. The molecule has 0 unspecified atom stereocenters. The van der Waals surface area contributed by atoms with Gasteiger partial charge in [0.05, 0.1) is 0 Å². The van der Waals surface area contributed by atoms with Gasteiger partial charge < -0.3 is 20.4 Å². The monoisotopic (exact) mass is 444 g/mol. The van der Waals surface area contributed by atoms with Crippen LogP contribution in [0.15, 0.2) is 29.4 Å². The highest BCUT2D eigenvalue weighted by Crippen LogP contribution is 2.19. The van der Waals surface area contributed by atoms with E-state index in [1.54, 1.807) is 7.11 Å². The van der Waals surface area contributed by atoms with Crippen LogP contribution in [0.2, 0.25) is 0 Å². The van der Waals surface area contributed by atoms with Gasteiger partial charge >= 0.3 is 0 Å². The Balaban J connectivity index is 0.00000288. The molecule has 3 N–H and O–H groups in total. The van der Waals surface area contributed by atoms with Crippen molar-refractivity contribution in [3.05, 3.63) is 35.5 Å². The minimum absolute atomic E-state index is 0. The highest BCUT2D eigenvalue weighted by Gasteiger charge is 2.04. The highest BCUT2D eigenvalue weighted by atomic mass is 127. The number of guanidine groups is 1. The minimum atomic E-state index is 0. The van der Waals surface area contributed by atoms with Crippen LogP contribution in [0.1, 0.15) is 24.5 Å². The van der Waals surface area contributed by atoms with E-state index in [-0.39, 0.29) is 24.0 Å². The number of nitrogens with zero attached hydrogens (tertiary/aromatic N) is 1. The molecule has 0 saturated carbocycles. The fourth-order valence-electron chi connectivity index (χ4n) is 2.56. The van der Waals surface area contributed by atoms with E-state index in [1.807, 2.05) is 0 Å². The normalized spacial score (nSPS) is 11.4. The molecule has 1 heterocycles. The van der Waals surface area contributed by atoms with Crippen molar-refractivity contribution in [2.75, 3.05) is 33.4 Å². The number of aliphatic imine (C=N–C) groups is 1. The lowest BCUT2D eigenvalue weighted by atomic mass is 10.1. The first-order valence-corrected chi connectivity index (χ1v) is 8.32. The number of hydrogen-bond acceptors (Lipinski definition) is 2. The molecule has 0 saturated heterocycles. The van der Waals surface area contributed by atoms with Crippen molar-refractivity contribution < 1.29 is 4.74 Å². The Morgan fingerprint density at radius 3 is 2.88 bits per heavy atom. The number of benzene rings is 1. The number of aromatic amines is 1. The molecule has 2 rings (SSSR count). The molecule has 6 heteroatoms. The lowest BCUT2D eigenvalue weighted by Crippen LogP contribution is -2.38. The van der Waals surface area contributed by atoms with Crippen LogP contribution in [-0.2, 0) is 11.2 Å². The van der Waals surface area contributed by atoms with Crippen LogP contribution in [0.25, 0.3) is 10.9 Å². The van der Waals surface area contributed by atoms with E-state index in [0.29, 0.717) is 0 Å². The van der Waals surface area contributed by atoms with Crippen LogP contribution in [-0.4, -0.2) is 44.3 Å². The van der Waals surface area contributed by atoms with Crippen molar-refractivity contribution in [3.8, 4) is 0 Å². The molecule has 24 heavy (non-hydrogen) atoms. The Bertz CT molecular complexity index is 639. The summed E-state index contributed by atoms with van der Waals surface area (Å²) < 4.78 is 5.05. The summed E-state index contributed by atoms with van der Waals surface area (Å²) in [5.41, 5.74) is 3.82. The largest absolute Gasteiger partial charge is 0.385 e. The summed E-state index contributed by atoms with van der Waals surface area (Å²) >= 11 is 0. The van der Waals surface area contributed by atoms with Gasteiger partial charge in [-0.25, -0.2) is 0 Å². The van der Waals surface area contributed by atoms with Crippen LogP contribution < -0.4 is 10.6 Å². The number of aromatic nitrogens is 1. The molecule has 0 aliphatic heterocycles. The van der Waals surface area contributed by atoms with Gasteiger partial charge in [-0.2, -0.15) is 0 Å². The molecule has 2 aromatic rings.